The highest BCUT2D eigenvalue weighted by Crippen LogP contribution is 2.42. The SMILES string of the molecule is CC1COc2ccccc2C1N1C[C@@H](C)[C@H](C(=O)O)C1. The van der Waals surface area contributed by atoms with Crippen LogP contribution in [0.4, 0.5) is 0 Å². The van der Waals surface area contributed by atoms with Gasteiger partial charge in [-0.15, -0.1) is 0 Å². The summed E-state index contributed by atoms with van der Waals surface area (Å²) in [6.45, 7) is 6.40. The topological polar surface area (TPSA) is 49.8 Å². The van der Waals surface area contributed by atoms with E-state index in [-0.39, 0.29) is 17.9 Å². The highest BCUT2D eigenvalue weighted by atomic mass is 16.5. The molecule has 4 atom stereocenters. The van der Waals surface area contributed by atoms with Crippen LogP contribution >= 0.6 is 0 Å². The highest BCUT2D eigenvalue weighted by Gasteiger charge is 2.41. The lowest BCUT2D eigenvalue weighted by atomic mass is 9.91. The van der Waals surface area contributed by atoms with Gasteiger partial charge in [0.2, 0.25) is 0 Å². The van der Waals surface area contributed by atoms with Crippen molar-refractivity contribution in [3.8, 4) is 5.75 Å². The molecule has 2 heterocycles. The maximum absolute atomic E-state index is 11.3. The van der Waals surface area contributed by atoms with Crippen LogP contribution in [-0.2, 0) is 4.79 Å². The zero-order valence-electron chi connectivity index (χ0n) is 12.0. The zero-order valence-corrected chi connectivity index (χ0v) is 12.0. The maximum Gasteiger partial charge on any atom is 0.308 e. The Morgan fingerprint density at radius 3 is 2.70 bits per heavy atom. The number of carbonyl (C=O) groups is 1. The minimum atomic E-state index is -0.673. The number of rotatable bonds is 2. The summed E-state index contributed by atoms with van der Waals surface area (Å²) in [6.07, 6.45) is 0. The summed E-state index contributed by atoms with van der Waals surface area (Å²) in [5, 5.41) is 9.31. The number of hydrogen-bond acceptors (Lipinski definition) is 3. The van der Waals surface area contributed by atoms with Gasteiger partial charge < -0.3 is 9.84 Å². The molecule has 1 aromatic rings. The van der Waals surface area contributed by atoms with E-state index in [0.29, 0.717) is 19.1 Å². The molecule has 0 bridgehead atoms. The van der Waals surface area contributed by atoms with Crippen LogP contribution < -0.4 is 4.74 Å². The van der Waals surface area contributed by atoms with Gasteiger partial charge in [0.1, 0.15) is 5.75 Å². The number of hydrogen-bond donors (Lipinski definition) is 1. The van der Waals surface area contributed by atoms with Crippen LogP contribution in [0.1, 0.15) is 25.5 Å². The molecule has 1 fully saturated rings. The predicted molar refractivity (Wildman–Crippen MR) is 75.7 cm³/mol. The van der Waals surface area contributed by atoms with Crippen molar-refractivity contribution in [1.29, 1.82) is 0 Å². The minimum Gasteiger partial charge on any atom is -0.493 e. The van der Waals surface area contributed by atoms with E-state index in [1.807, 2.05) is 25.1 Å². The quantitative estimate of drug-likeness (QED) is 0.900. The number of benzene rings is 1. The van der Waals surface area contributed by atoms with Gasteiger partial charge in [-0.25, -0.2) is 0 Å². The number of para-hydroxylation sites is 1. The number of aliphatic carboxylic acids is 1. The molecule has 2 aliphatic heterocycles. The van der Waals surface area contributed by atoms with E-state index in [2.05, 4.69) is 17.9 Å². The molecule has 0 spiro atoms. The Morgan fingerprint density at radius 2 is 2.00 bits per heavy atom. The Balaban J connectivity index is 1.89. The lowest BCUT2D eigenvalue weighted by Crippen LogP contribution is -2.37. The van der Waals surface area contributed by atoms with E-state index < -0.39 is 5.97 Å². The number of fused-ring (bicyclic) bond motifs is 1. The monoisotopic (exact) mass is 275 g/mol. The van der Waals surface area contributed by atoms with Crippen molar-refractivity contribution in [2.75, 3.05) is 19.7 Å². The van der Waals surface area contributed by atoms with Crippen molar-refractivity contribution in [3.63, 3.8) is 0 Å². The molecule has 1 saturated heterocycles. The second-order valence-corrected chi connectivity index (χ2v) is 6.15. The summed E-state index contributed by atoms with van der Waals surface area (Å²) in [5.74, 6) is 0.603. The van der Waals surface area contributed by atoms with Crippen molar-refractivity contribution in [3.05, 3.63) is 29.8 Å². The molecule has 2 aliphatic rings. The average molecular weight is 275 g/mol. The van der Waals surface area contributed by atoms with Gasteiger partial charge in [-0.3, -0.25) is 9.69 Å². The maximum atomic E-state index is 11.3. The summed E-state index contributed by atoms with van der Waals surface area (Å²) in [6, 6.07) is 8.39. The average Bonchev–Trinajstić information content (AvgIpc) is 2.80. The molecule has 0 aromatic heterocycles. The van der Waals surface area contributed by atoms with Crippen LogP contribution in [0.25, 0.3) is 0 Å². The molecule has 0 amide bonds. The van der Waals surface area contributed by atoms with Crippen LogP contribution in [0.5, 0.6) is 5.75 Å². The molecule has 0 aliphatic carbocycles. The molecule has 1 N–H and O–H groups in total. The van der Waals surface area contributed by atoms with E-state index in [4.69, 9.17) is 4.74 Å². The van der Waals surface area contributed by atoms with Crippen LogP contribution in [0, 0.1) is 17.8 Å². The summed E-state index contributed by atoms with van der Waals surface area (Å²) in [7, 11) is 0. The van der Waals surface area contributed by atoms with Crippen LogP contribution in [0.15, 0.2) is 24.3 Å². The molecule has 2 unspecified atom stereocenters. The van der Waals surface area contributed by atoms with Crippen molar-refractivity contribution in [2.24, 2.45) is 17.8 Å². The van der Waals surface area contributed by atoms with E-state index in [0.717, 1.165) is 12.3 Å². The molecule has 3 rings (SSSR count). The van der Waals surface area contributed by atoms with E-state index in [9.17, 15) is 9.90 Å². The smallest absolute Gasteiger partial charge is 0.308 e. The molecule has 0 saturated carbocycles. The third kappa shape index (κ3) is 2.18. The van der Waals surface area contributed by atoms with Crippen LogP contribution in [0.3, 0.4) is 0 Å². The van der Waals surface area contributed by atoms with Gasteiger partial charge in [0.15, 0.2) is 0 Å². The van der Waals surface area contributed by atoms with E-state index >= 15 is 0 Å². The van der Waals surface area contributed by atoms with Gasteiger partial charge in [-0.1, -0.05) is 32.0 Å². The van der Waals surface area contributed by atoms with E-state index in [1.54, 1.807) is 0 Å². The summed E-state index contributed by atoms with van der Waals surface area (Å²) < 4.78 is 5.78. The first kappa shape index (κ1) is 13.4. The second kappa shape index (κ2) is 5.09. The fourth-order valence-corrected chi connectivity index (χ4v) is 3.58. The third-order valence-corrected chi connectivity index (χ3v) is 4.63. The van der Waals surface area contributed by atoms with Gasteiger partial charge >= 0.3 is 5.97 Å². The first-order valence-corrected chi connectivity index (χ1v) is 7.26. The van der Waals surface area contributed by atoms with Crippen molar-refractivity contribution in [2.45, 2.75) is 19.9 Å². The number of nitrogens with zero attached hydrogens (tertiary/aromatic N) is 1. The summed E-state index contributed by atoms with van der Waals surface area (Å²) in [4.78, 5) is 13.6. The number of ether oxygens (including phenoxy) is 1. The van der Waals surface area contributed by atoms with Crippen molar-refractivity contribution >= 4 is 5.97 Å². The normalized spacial score (nSPS) is 33.5. The Kier molecular flexibility index (Phi) is 3.42. The van der Waals surface area contributed by atoms with Gasteiger partial charge in [0.25, 0.3) is 0 Å². The molecule has 0 radical (unpaired) electrons. The predicted octanol–water partition coefficient (Wildman–Crippen LogP) is 2.41. The van der Waals surface area contributed by atoms with Gasteiger partial charge in [0, 0.05) is 30.6 Å². The molecule has 20 heavy (non-hydrogen) atoms. The minimum absolute atomic E-state index is 0.203. The van der Waals surface area contributed by atoms with Crippen molar-refractivity contribution < 1.29 is 14.6 Å². The van der Waals surface area contributed by atoms with Gasteiger partial charge in [-0.2, -0.15) is 0 Å². The number of likely N-dealkylation sites (tertiary alicyclic amines) is 1. The van der Waals surface area contributed by atoms with Gasteiger partial charge in [-0.05, 0) is 12.0 Å². The number of carboxylic acid groups (broad SMARTS) is 1. The zero-order chi connectivity index (χ0) is 14.3. The van der Waals surface area contributed by atoms with Crippen molar-refractivity contribution in [1.82, 2.24) is 4.90 Å². The lowest BCUT2D eigenvalue weighted by Gasteiger charge is -2.37. The molecule has 1 aromatic carbocycles. The Morgan fingerprint density at radius 1 is 1.25 bits per heavy atom. The molecule has 4 nitrogen and oxygen atoms in total. The Labute approximate surface area is 119 Å². The lowest BCUT2D eigenvalue weighted by molar-refractivity contribution is -0.142. The van der Waals surface area contributed by atoms with Gasteiger partial charge in [0.05, 0.1) is 12.5 Å². The first-order chi connectivity index (χ1) is 9.58. The Hall–Kier alpha value is -1.55. The molecule has 4 heteroatoms. The van der Waals surface area contributed by atoms with Crippen LogP contribution in [0.2, 0.25) is 0 Å². The summed E-state index contributed by atoms with van der Waals surface area (Å²) in [5.41, 5.74) is 1.20. The second-order valence-electron chi connectivity index (χ2n) is 6.15. The number of carboxylic acids is 1. The van der Waals surface area contributed by atoms with Crippen LogP contribution in [-0.4, -0.2) is 35.7 Å². The molecular formula is C16H21NO3. The Bertz CT molecular complexity index is 516. The standard InChI is InChI=1S/C16H21NO3/c1-10-7-17(8-13(10)16(18)19)15-11(2)9-20-14-6-4-3-5-12(14)15/h3-6,10-11,13,15H,7-9H2,1-2H3,(H,18,19)/t10-,11?,13-,15?/m1/s1. The molecular weight excluding hydrogens is 254 g/mol. The molecule has 108 valence electrons. The van der Waals surface area contributed by atoms with E-state index in [1.165, 1.54) is 5.56 Å². The first-order valence-electron chi connectivity index (χ1n) is 7.26. The fourth-order valence-electron chi connectivity index (χ4n) is 3.58. The fraction of sp³-hybridized carbons (Fsp3) is 0.562. The largest absolute Gasteiger partial charge is 0.493 e. The summed E-state index contributed by atoms with van der Waals surface area (Å²) >= 11 is 0. The highest BCUT2D eigenvalue weighted by molar-refractivity contribution is 5.71. The third-order valence-electron chi connectivity index (χ3n) is 4.63.